The van der Waals surface area contributed by atoms with Gasteiger partial charge in [0.2, 0.25) is 0 Å². The number of hydrogen-bond acceptors (Lipinski definition) is 5. The van der Waals surface area contributed by atoms with E-state index >= 15 is 0 Å². The van der Waals surface area contributed by atoms with Crippen LogP contribution >= 0.6 is 0 Å². The molecule has 0 bridgehead atoms. The highest BCUT2D eigenvalue weighted by Crippen LogP contribution is 2.25. The van der Waals surface area contributed by atoms with Gasteiger partial charge >= 0.3 is 5.97 Å². The predicted octanol–water partition coefficient (Wildman–Crippen LogP) is 3.16. The van der Waals surface area contributed by atoms with Crippen molar-refractivity contribution in [3.8, 4) is 11.3 Å². The summed E-state index contributed by atoms with van der Waals surface area (Å²) >= 11 is 0. The summed E-state index contributed by atoms with van der Waals surface area (Å²) in [7, 11) is 2.85. The molecule has 0 radical (unpaired) electrons. The molecule has 3 rings (SSSR count). The molecule has 6 nitrogen and oxygen atoms in total. The minimum absolute atomic E-state index is 0.143. The third-order valence-corrected chi connectivity index (χ3v) is 4.42. The molecule has 0 aliphatic heterocycles. The lowest BCUT2D eigenvalue weighted by atomic mass is 10.0. The minimum Gasteiger partial charge on any atom is -0.468 e. The summed E-state index contributed by atoms with van der Waals surface area (Å²) in [4.78, 5) is 31.3. The highest BCUT2D eigenvalue weighted by atomic mass is 16.5. The first-order valence-corrected chi connectivity index (χ1v) is 8.94. The topological polar surface area (TPSA) is 68.7 Å². The molecule has 1 amide bonds. The standard InChI is InChI=1S/C22H22N2O4/c1-27-13-12-24(15-21(25)28-2)22(26)18-14-20(16-8-4-3-5-9-16)23-19-11-7-6-10-17(18)19/h3-11,14H,12-13,15H2,1-2H3. The number of amides is 1. The van der Waals surface area contributed by atoms with E-state index < -0.39 is 5.97 Å². The maximum Gasteiger partial charge on any atom is 0.325 e. The SMILES string of the molecule is COCCN(CC(=O)OC)C(=O)c1cc(-c2ccccc2)nc2ccccc12. The van der Waals surface area contributed by atoms with Crippen LogP contribution in [0.1, 0.15) is 10.4 Å². The normalized spacial score (nSPS) is 10.6. The molecule has 1 aromatic heterocycles. The molecule has 0 aliphatic carbocycles. The van der Waals surface area contributed by atoms with Crippen molar-refractivity contribution in [3.63, 3.8) is 0 Å². The number of nitrogens with zero attached hydrogens (tertiary/aromatic N) is 2. The average Bonchev–Trinajstić information content (AvgIpc) is 2.75. The molecule has 28 heavy (non-hydrogen) atoms. The lowest BCUT2D eigenvalue weighted by molar-refractivity contribution is -0.141. The zero-order chi connectivity index (χ0) is 19.9. The lowest BCUT2D eigenvalue weighted by Gasteiger charge is -2.22. The Morgan fingerprint density at radius 3 is 2.43 bits per heavy atom. The van der Waals surface area contributed by atoms with Gasteiger partial charge in [-0.2, -0.15) is 0 Å². The Balaban J connectivity index is 2.08. The fourth-order valence-electron chi connectivity index (χ4n) is 2.95. The molecule has 0 spiro atoms. The maximum absolute atomic E-state index is 13.3. The minimum atomic E-state index is -0.480. The van der Waals surface area contributed by atoms with Crippen LogP contribution in [0.3, 0.4) is 0 Å². The molecule has 3 aromatic rings. The summed E-state index contributed by atoms with van der Waals surface area (Å²) in [6.45, 7) is 0.453. The van der Waals surface area contributed by atoms with Crippen molar-refractivity contribution in [2.45, 2.75) is 0 Å². The number of carbonyl (C=O) groups is 2. The van der Waals surface area contributed by atoms with E-state index in [0.29, 0.717) is 17.9 Å². The van der Waals surface area contributed by atoms with Crippen molar-refractivity contribution in [2.24, 2.45) is 0 Å². The van der Waals surface area contributed by atoms with E-state index in [9.17, 15) is 9.59 Å². The number of fused-ring (bicyclic) bond motifs is 1. The average molecular weight is 378 g/mol. The van der Waals surface area contributed by atoms with E-state index in [1.165, 1.54) is 12.0 Å². The van der Waals surface area contributed by atoms with Gasteiger partial charge in [0.15, 0.2) is 0 Å². The molecular formula is C22H22N2O4. The number of pyridine rings is 1. The van der Waals surface area contributed by atoms with Crippen molar-refractivity contribution in [3.05, 3.63) is 66.2 Å². The summed E-state index contributed by atoms with van der Waals surface area (Å²) in [6, 6.07) is 18.9. The number of benzene rings is 2. The number of methoxy groups -OCH3 is 2. The second-order valence-electron chi connectivity index (χ2n) is 6.23. The van der Waals surface area contributed by atoms with Crippen LogP contribution in [-0.2, 0) is 14.3 Å². The summed E-state index contributed by atoms with van der Waals surface area (Å²) in [5.41, 5.74) is 2.83. The van der Waals surface area contributed by atoms with Crippen molar-refractivity contribution < 1.29 is 19.1 Å². The predicted molar refractivity (Wildman–Crippen MR) is 107 cm³/mol. The molecular weight excluding hydrogens is 356 g/mol. The molecule has 0 atom stereocenters. The van der Waals surface area contributed by atoms with E-state index in [-0.39, 0.29) is 19.0 Å². The van der Waals surface area contributed by atoms with Crippen LogP contribution in [0, 0.1) is 0 Å². The van der Waals surface area contributed by atoms with Gasteiger partial charge in [-0.15, -0.1) is 0 Å². The van der Waals surface area contributed by atoms with Gasteiger partial charge in [-0.05, 0) is 12.1 Å². The lowest BCUT2D eigenvalue weighted by Crippen LogP contribution is -2.38. The van der Waals surface area contributed by atoms with Crippen LogP contribution in [-0.4, -0.2) is 55.7 Å². The van der Waals surface area contributed by atoms with Gasteiger partial charge in [0.05, 0.1) is 30.5 Å². The van der Waals surface area contributed by atoms with Crippen LogP contribution in [0.4, 0.5) is 0 Å². The number of rotatable bonds is 7. The van der Waals surface area contributed by atoms with Gasteiger partial charge in [-0.1, -0.05) is 48.5 Å². The zero-order valence-corrected chi connectivity index (χ0v) is 15.9. The largest absolute Gasteiger partial charge is 0.468 e. The summed E-state index contributed by atoms with van der Waals surface area (Å²) in [5, 5.41) is 0.736. The van der Waals surface area contributed by atoms with E-state index in [1.807, 2.05) is 54.6 Å². The molecule has 0 saturated carbocycles. The molecule has 0 saturated heterocycles. The van der Waals surface area contributed by atoms with E-state index in [4.69, 9.17) is 14.5 Å². The third-order valence-electron chi connectivity index (χ3n) is 4.42. The Morgan fingerprint density at radius 2 is 1.71 bits per heavy atom. The smallest absolute Gasteiger partial charge is 0.325 e. The fourth-order valence-corrected chi connectivity index (χ4v) is 2.95. The zero-order valence-electron chi connectivity index (χ0n) is 15.9. The van der Waals surface area contributed by atoms with E-state index in [1.54, 1.807) is 13.2 Å². The summed E-state index contributed by atoms with van der Waals surface area (Å²) in [6.07, 6.45) is 0. The van der Waals surface area contributed by atoms with Crippen molar-refractivity contribution in [2.75, 3.05) is 33.9 Å². The van der Waals surface area contributed by atoms with Gasteiger partial charge < -0.3 is 14.4 Å². The van der Waals surface area contributed by atoms with Gasteiger partial charge in [0.1, 0.15) is 6.54 Å². The van der Waals surface area contributed by atoms with Crippen LogP contribution in [0.25, 0.3) is 22.2 Å². The number of carbonyl (C=O) groups excluding carboxylic acids is 2. The van der Waals surface area contributed by atoms with Crippen LogP contribution in [0.15, 0.2) is 60.7 Å². The molecule has 6 heteroatoms. The summed E-state index contributed by atoms with van der Waals surface area (Å²) < 4.78 is 9.84. The molecule has 0 fully saturated rings. The van der Waals surface area contributed by atoms with Gasteiger partial charge in [-0.25, -0.2) is 4.98 Å². The molecule has 2 aromatic carbocycles. The third kappa shape index (κ3) is 4.35. The van der Waals surface area contributed by atoms with E-state index in [0.717, 1.165) is 16.5 Å². The Morgan fingerprint density at radius 1 is 1.00 bits per heavy atom. The van der Waals surface area contributed by atoms with Crippen molar-refractivity contribution >= 4 is 22.8 Å². The van der Waals surface area contributed by atoms with Crippen LogP contribution in [0.5, 0.6) is 0 Å². The molecule has 1 heterocycles. The van der Waals surface area contributed by atoms with Gasteiger partial charge in [0, 0.05) is 24.6 Å². The Kier molecular flexibility index (Phi) is 6.34. The van der Waals surface area contributed by atoms with Crippen molar-refractivity contribution in [1.82, 2.24) is 9.88 Å². The van der Waals surface area contributed by atoms with Crippen molar-refractivity contribution in [1.29, 1.82) is 0 Å². The summed E-state index contributed by atoms with van der Waals surface area (Å²) in [5.74, 6) is -0.746. The quantitative estimate of drug-likeness (QED) is 0.591. The first kappa shape index (κ1) is 19.5. The highest BCUT2D eigenvalue weighted by molar-refractivity contribution is 6.07. The highest BCUT2D eigenvalue weighted by Gasteiger charge is 2.22. The number of hydrogen-bond donors (Lipinski definition) is 0. The fraction of sp³-hybridized carbons (Fsp3) is 0.227. The Bertz CT molecular complexity index is 973. The number of aromatic nitrogens is 1. The molecule has 0 unspecified atom stereocenters. The first-order chi connectivity index (χ1) is 13.6. The molecule has 0 aliphatic rings. The maximum atomic E-state index is 13.3. The second kappa shape index (κ2) is 9.10. The number of ether oxygens (including phenoxy) is 2. The Labute approximate surface area is 163 Å². The van der Waals surface area contributed by atoms with Crippen LogP contribution < -0.4 is 0 Å². The Hall–Kier alpha value is -3.25. The molecule has 0 N–H and O–H groups in total. The first-order valence-electron chi connectivity index (χ1n) is 8.94. The monoisotopic (exact) mass is 378 g/mol. The number of para-hydroxylation sites is 1. The molecule has 144 valence electrons. The second-order valence-corrected chi connectivity index (χ2v) is 6.23. The van der Waals surface area contributed by atoms with Crippen LogP contribution in [0.2, 0.25) is 0 Å². The van der Waals surface area contributed by atoms with E-state index in [2.05, 4.69) is 0 Å². The van der Waals surface area contributed by atoms with Gasteiger partial charge in [0.25, 0.3) is 5.91 Å². The number of esters is 1. The van der Waals surface area contributed by atoms with Gasteiger partial charge in [-0.3, -0.25) is 9.59 Å².